The first-order valence-electron chi connectivity index (χ1n) is 6.45. The molecule has 0 radical (unpaired) electrons. The fourth-order valence-electron chi connectivity index (χ4n) is 2.43. The highest BCUT2D eigenvalue weighted by Gasteiger charge is 2.29. The molecule has 5 heteroatoms. The molecule has 1 aliphatic heterocycles. The Morgan fingerprint density at radius 3 is 3.05 bits per heavy atom. The van der Waals surface area contributed by atoms with Crippen molar-refractivity contribution in [2.75, 3.05) is 25.0 Å². The fourth-order valence-corrected chi connectivity index (χ4v) is 2.62. The van der Waals surface area contributed by atoms with Gasteiger partial charge in [0.1, 0.15) is 0 Å². The average Bonchev–Trinajstić information content (AvgIpc) is 2.27. The molecule has 1 saturated heterocycles. The Balaban J connectivity index is 1.87. The number of likely N-dealkylation sites (tertiary alicyclic amines) is 1. The van der Waals surface area contributed by atoms with Crippen LogP contribution in [0, 0.1) is 0 Å². The van der Waals surface area contributed by atoms with Crippen molar-refractivity contribution >= 4 is 23.2 Å². The highest BCUT2D eigenvalue weighted by atomic mass is 35.5. The van der Waals surface area contributed by atoms with E-state index < -0.39 is 5.60 Å². The Hall–Kier alpha value is -1.10. The first-order valence-corrected chi connectivity index (χ1v) is 6.83. The van der Waals surface area contributed by atoms with Gasteiger partial charge >= 0.3 is 0 Å². The number of carbonyl (C=O) groups is 1. The van der Waals surface area contributed by atoms with Crippen LogP contribution in [0.1, 0.15) is 19.8 Å². The lowest BCUT2D eigenvalue weighted by atomic mass is 9.95. The van der Waals surface area contributed by atoms with Crippen molar-refractivity contribution in [2.24, 2.45) is 0 Å². The normalized spacial score (nSPS) is 24.2. The Morgan fingerprint density at radius 2 is 2.37 bits per heavy atom. The molecular formula is C14H19ClN2O2. The molecule has 4 nitrogen and oxygen atoms in total. The summed E-state index contributed by atoms with van der Waals surface area (Å²) in [6.45, 7) is 3.49. The SMILES string of the molecule is CC1(O)CCCN(CC(=O)Nc2cccc(Cl)c2)C1. The van der Waals surface area contributed by atoms with Crippen molar-refractivity contribution in [1.29, 1.82) is 0 Å². The van der Waals surface area contributed by atoms with Crippen LogP contribution in [0.15, 0.2) is 24.3 Å². The summed E-state index contributed by atoms with van der Waals surface area (Å²) in [5, 5.41) is 13.4. The number of halogens is 1. The maximum Gasteiger partial charge on any atom is 0.238 e. The molecule has 104 valence electrons. The standard InChI is InChI=1S/C14H19ClN2O2/c1-14(19)6-3-7-17(10-14)9-13(18)16-12-5-2-4-11(15)8-12/h2,4-5,8,19H,3,6-7,9-10H2,1H3,(H,16,18). The average molecular weight is 283 g/mol. The third-order valence-corrected chi connectivity index (χ3v) is 3.46. The second-order valence-electron chi connectivity index (χ2n) is 5.37. The minimum absolute atomic E-state index is 0.0834. The van der Waals surface area contributed by atoms with Gasteiger partial charge in [-0.1, -0.05) is 17.7 Å². The van der Waals surface area contributed by atoms with Gasteiger partial charge in [0.2, 0.25) is 5.91 Å². The third kappa shape index (κ3) is 4.49. The second-order valence-corrected chi connectivity index (χ2v) is 5.81. The van der Waals surface area contributed by atoms with Gasteiger partial charge < -0.3 is 10.4 Å². The maximum absolute atomic E-state index is 11.9. The summed E-state index contributed by atoms with van der Waals surface area (Å²) >= 11 is 5.86. The molecule has 0 spiro atoms. The molecule has 1 aromatic carbocycles. The highest BCUT2D eigenvalue weighted by molar-refractivity contribution is 6.30. The molecule has 1 unspecified atom stereocenters. The first kappa shape index (κ1) is 14.3. The molecule has 0 bridgehead atoms. The van der Waals surface area contributed by atoms with E-state index in [1.54, 1.807) is 24.3 Å². The summed E-state index contributed by atoms with van der Waals surface area (Å²) in [5.41, 5.74) is 0.00969. The summed E-state index contributed by atoms with van der Waals surface area (Å²) < 4.78 is 0. The zero-order valence-electron chi connectivity index (χ0n) is 11.0. The summed E-state index contributed by atoms with van der Waals surface area (Å²) in [6.07, 6.45) is 1.71. The Labute approximate surface area is 118 Å². The molecule has 0 saturated carbocycles. The van der Waals surface area contributed by atoms with Gasteiger partial charge in [-0.2, -0.15) is 0 Å². The molecule has 0 aliphatic carbocycles. The predicted octanol–water partition coefficient (Wildman–Crippen LogP) is 2.13. The van der Waals surface area contributed by atoms with Gasteiger partial charge in [0.15, 0.2) is 0 Å². The van der Waals surface area contributed by atoms with Crippen LogP contribution in [0.4, 0.5) is 5.69 Å². The van der Waals surface area contributed by atoms with Crippen molar-refractivity contribution in [2.45, 2.75) is 25.4 Å². The Morgan fingerprint density at radius 1 is 1.58 bits per heavy atom. The van der Waals surface area contributed by atoms with E-state index >= 15 is 0 Å². The van der Waals surface area contributed by atoms with E-state index in [0.717, 1.165) is 19.4 Å². The van der Waals surface area contributed by atoms with Crippen molar-refractivity contribution in [3.05, 3.63) is 29.3 Å². The van der Waals surface area contributed by atoms with Gasteiger partial charge in [-0.05, 0) is 44.5 Å². The van der Waals surface area contributed by atoms with Crippen LogP contribution >= 0.6 is 11.6 Å². The fraction of sp³-hybridized carbons (Fsp3) is 0.500. The molecule has 2 rings (SSSR count). The zero-order chi connectivity index (χ0) is 13.9. The molecule has 0 aromatic heterocycles. The van der Waals surface area contributed by atoms with Gasteiger partial charge in [0.25, 0.3) is 0 Å². The monoisotopic (exact) mass is 282 g/mol. The van der Waals surface area contributed by atoms with Crippen LogP contribution in [0.5, 0.6) is 0 Å². The quantitative estimate of drug-likeness (QED) is 0.893. The molecule has 1 heterocycles. The molecule has 2 N–H and O–H groups in total. The molecule has 1 aliphatic rings. The number of amides is 1. The smallest absolute Gasteiger partial charge is 0.238 e. The molecule has 19 heavy (non-hydrogen) atoms. The van der Waals surface area contributed by atoms with Gasteiger partial charge in [-0.15, -0.1) is 0 Å². The van der Waals surface area contributed by atoms with E-state index in [0.29, 0.717) is 23.8 Å². The van der Waals surface area contributed by atoms with E-state index in [-0.39, 0.29) is 5.91 Å². The van der Waals surface area contributed by atoms with Gasteiger partial charge in [-0.25, -0.2) is 0 Å². The zero-order valence-corrected chi connectivity index (χ0v) is 11.8. The molecule has 1 amide bonds. The van der Waals surface area contributed by atoms with Crippen molar-refractivity contribution in [3.8, 4) is 0 Å². The van der Waals surface area contributed by atoms with E-state index in [2.05, 4.69) is 5.32 Å². The van der Waals surface area contributed by atoms with E-state index in [1.807, 2.05) is 11.8 Å². The van der Waals surface area contributed by atoms with Gasteiger partial charge in [-0.3, -0.25) is 9.69 Å². The molecule has 1 aromatic rings. The van der Waals surface area contributed by atoms with Crippen LogP contribution in [0.2, 0.25) is 5.02 Å². The number of hydrogen-bond acceptors (Lipinski definition) is 3. The van der Waals surface area contributed by atoms with Crippen molar-refractivity contribution < 1.29 is 9.90 Å². The van der Waals surface area contributed by atoms with Crippen LogP contribution < -0.4 is 5.32 Å². The van der Waals surface area contributed by atoms with Gasteiger partial charge in [0.05, 0.1) is 12.1 Å². The van der Waals surface area contributed by atoms with Crippen molar-refractivity contribution in [1.82, 2.24) is 4.90 Å². The van der Waals surface area contributed by atoms with E-state index in [4.69, 9.17) is 11.6 Å². The Bertz CT molecular complexity index is 463. The van der Waals surface area contributed by atoms with Crippen LogP contribution in [-0.4, -0.2) is 41.1 Å². The number of nitrogens with zero attached hydrogens (tertiary/aromatic N) is 1. The number of hydrogen-bond donors (Lipinski definition) is 2. The number of aliphatic hydroxyl groups is 1. The van der Waals surface area contributed by atoms with Crippen molar-refractivity contribution in [3.63, 3.8) is 0 Å². The molecular weight excluding hydrogens is 264 g/mol. The minimum atomic E-state index is -0.686. The number of anilines is 1. The summed E-state index contributed by atoms with van der Waals surface area (Å²) in [6, 6.07) is 7.07. The maximum atomic E-state index is 11.9. The van der Waals surface area contributed by atoms with Crippen LogP contribution in [0.3, 0.4) is 0 Å². The number of benzene rings is 1. The lowest BCUT2D eigenvalue weighted by Crippen LogP contribution is -2.48. The van der Waals surface area contributed by atoms with E-state index in [9.17, 15) is 9.90 Å². The first-order chi connectivity index (χ1) is 8.94. The molecule has 1 fully saturated rings. The summed E-state index contributed by atoms with van der Waals surface area (Å²) in [4.78, 5) is 13.9. The summed E-state index contributed by atoms with van der Waals surface area (Å²) in [5.74, 6) is -0.0834. The van der Waals surface area contributed by atoms with Crippen LogP contribution in [0.25, 0.3) is 0 Å². The van der Waals surface area contributed by atoms with Gasteiger partial charge in [0, 0.05) is 17.3 Å². The van der Waals surface area contributed by atoms with Crippen LogP contribution in [-0.2, 0) is 4.79 Å². The largest absolute Gasteiger partial charge is 0.389 e. The molecule has 1 atom stereocenters. The minimum Gasteiger partial charge on any atom is -0.389 e. The Kier molecular flexibility index (Phi) is 4.45. The predicted molar refractivity (Wildman–Crippen MR) is 76.4 cm³/mol. The number of β-amino-alcohol motifs (C(OH)–C–C–N with tert-alkyl or cyclic N) is 1. The number of nitrogens with one attached hydrogen (secondary N) is 1. The number of piperidine rings is 1. The number of rotatable bonds is 3. The lowest BCUT2D eigenvalue weighted by Gasteiger charge is -2.36. The third-order valence-electron chi connectivity index (χ3n) is 3.23. The second kappa shape index (κ2) is 5.90. The summed E-state index contributed by atoms with van der Waals surface area (Å²) in [7, 11) is 0. The lowest BCUT2D eigenvalue weighted by molar-refractivity contribution is -0.118. The van der Waals surface area contributed by atoms with E-state index in [1.165, 1.54) is 0 Å². The highest BCUT2D eigenvalue weighted by Crippen LogP contribution is 2.20. The topological polar surface area (TPSA) is 52.6 Å². The number of carbonyl (C=O) groups excluding carboxylic acids is 1.